The third-order valence-electron chi connectivity index (χ3n) is 2.59. The van der Waals surface area contributed by atoms with E-state index in [0.717, 1.165) is 3.57 Å². The number of carbonyl (C=O) groups excluding carboxylic acids is 1. The Balaban J connectivity index is 2.04. The monoisotopic (exact) mass is 398 g/mol. The SMILES string of the molecule is O=C(Nc1ccc(I)cc1)Nc1ccc(C(=O)O)c(O)c1. The van der Waals surface area contributed by atoms with E-state index in [1.54, 1.807) is 12.1 Å². The minimum absolute atomic E-state index is 0.224. The average molecular weight is 398 g/mol. The van der Waals surface area contributed by atoms with Crippen LogP contribution in [-0.4, -0.2) is 22.2 Å². The number of phenols is 1. The van der Waals surface area contributed by atoms with Gasteiger partial charge in [-0.1, -0.05) is 0 Å². The Hall–Kier alpha value is -2.29. The Labute approximate surface area is 133 Å². The Morgan fingerprint density at radius 1 is 0.952 bits per heavy atom. The summed E-state index contributed by atoms with van der Waals surface area (Å²) < 4.78 is 1.05. The normalized spacial score (nSPS) is 9.95. The number of aromatic hydroxyl groups is 1. The van der Waals surface area contributed by atoms with E-state index in [-0.39, 0.29) is 5.56 Å². The lowest BCUT2D eigenvalue weighted by molar-refractivity contribution is 0.0694. The summed E-state index contributed by atoms with van der Waals surface area (Å²) in [4.78, 5) is 22.5. The summed E-state index contributed by atoms with van der Waals surface area (Å²) >= 11 is 2.16. The summed E-state index contributed by atoms with van der Waals surface area (Å²) in [5, 5.41) is 23.5. The van der Waals surface area contributed by atoms with Crippen LogP contribution in [0.3, 0.4) is 0 Å². The Kier molecular flexibility index (Phi) is 4.63. The van der Waals surface area contributed by atoms with Crippen LogP contribution in [0.1, 0.15) is 10.4 Å². The van der Waals surface area contributed by atoms with Crippen LogP contribution in [0.15, 0.2) is 42.5 Å². The molecule has 0 fully saturated rings. The molecule has 2 aromatic rings. The topological polar surface area (TPSA) is 98.7 Å². The van der Waals surface area contributed by atoms with Gasteiger partial charge in [0.15, 0.2) is 0 Å². The predicted molar refractivity (Wildman–Crippen MR) is 86.9 cm³/mol. The highest BCUT2D eigenvalue weighted by Crippen LogP contribution is 2.22. The van der Waals surface area contributed by atoms with Crippen molar-refractivity contribution >= 4 is 46.0 Å². The minimum atomic E-state index is -1.23. The van der Waals surface area contributed by atoms with Gasteiger partial charge < -0.3 is 20.8 Å². The molecule has 0 aliphatic rings. The maximum Gasteiger partial charge on any atom is 0.339 e. The summed E-state index contributed by atoms with van der Waals surface area (Å²) in [6.45, 7) is 0. The fourth-order valence-electron chi connectivity index (χ4n) is 1.62. The van der Waals surface area contributed by atoms with Gasteiger partial charge in [0.05, 0.1) is 0 Å². The number of urea groups is 1. The smallest absolute Gasteiger partial charge is 0.339 e. The number of anilines is 2. The lowest BCUT2D eigenvalue weighted by Crippen LogP contribution is -2.19. The first kappa shape index (κ1) is 15.1. The maximum atomic E-state index is 11.8. The van der Waals surface area contributed by atoms with Gasteiger partial charge in [-0.05, 0) is 59.0 Å². The van der Waals surface area contributed by atoms with Crippen molar-refractivity contribution in [1.82, 2.24) is 0 Å². The number of carbonyl (C=O) groups is 2. The van der Waals surface area contributed by atoms with E-state index in [1.165, 1.54) is 18.2 Å². The molecule has 7 heteroatoms. The van der Waals surface area contributed by atoms with Crippen LogP contribution in [0.5, 0.6) is 5.75 Å². The van der Waals surface area contributed by atoms with Crippen LogP contribution in [-0.2, 0) is 0 Å². The molecule has 0 aliphatic carbocycles. The molecule has 0 saturated carbocycles. The number of rotatable bonds is 3. The molecule has 0 bridgehead atoms. The van der Waals surface area contributed by atoms with Crippen molar-refractivity contribution in [1.29, 1.82) is 0 Å². The fourth-order valence-corrected chi connectivity index (χ4v) is 1.98. The molecule has 2 amide bonds. The first-order chi connectivity index (χ1) is 9.95. The summed E-state index contributed by atoms with van der Waals surface area (Å²) in [5.41, 5.74) is 0.693. The van der Waals surface area contributed by atoms with Crippen molar-refractivity contribution in [2.45, 2.75) is 0 Å². The van der Waals surface area contributed by atoms with E-state index in [1.807, 2.05) is 12.1 Å². The van der Waals surface area contributed by atoms with Crippen molar-refractivity contribution in [2.75, 3.05) is 10.6 Å². The largest absolute Gasteiger partial charge is 0.507 e. The quantitative estimate of drug-likeness (QED) is 0.596. The second-order valence-electron chi connectivity index (χ2n) is 4.12. The third kappa shape index (κ3) is 4.09. The number of nitrogens with one attached hydrogen (secondary N) is 2. The lowest BCUT2D eigenvalue weighted by atomic mass is 10.2. The van der Waals surface area contributed by atoms with Gasteiger partial charge in [-0.25, -0.2) is 9.59 Å². The highest BCUT2D eigenvalue weighted by molar-refractivity contribution is 14.1. The van der Waals surface area contributed by atoms with Gasteiger partial charge in [0.2, 0.25) is 0 Å². The molecule has 2 rings (SSSR count). The number of benzene rings is 2. The van der Waals surface area contributed by atoms with E-state index >= 15 is 0 Å². The molecule has 0 unspecified atom stereocenters. The fraction of sp³-hybridized carbons (Fsp3) is 0. The van der Waals surface area contributed by atoms with Crippen molar-refractivity contribution in [3.63, 3.8) is 0 Å². The second kappa shape index (κ2) is 6.44. The van der Waals surface area contributed by atoms with Gasteiger partial charge in [0, 0.05) is 21.0 Å². The van der Waals surface area contributed by atoms with Crippen molar-refractivity contribution in [3.05, 3.63) is 51.6 Å². The minimum Gasteiger partial charge on any atom is -0.507 e. The van der Waals surface area contributed by atoms with E-state index in [4.69, 9.17) is 5.11 Å². The molecule has 0 atom stereocenters. The van der Waals surface area contributed by atoms with Gasteiger partial charge >= 0.3 is 12.0 Å². The predicted octanol–water partition coefficient (Wildman–Crippen LogP) is 3.34. The number of halogens is 1. The zero-order valence-electron chi connectivity index (χ0n) is 10.6. The summed E-state index contributed by atoms with van der Waals surface area (Å²) in [7, 11) is 0. The first-order valence-electron chi connectivity index (χ1n) is 5.85. The molecular weight excluding hydrogens is 387 g/mol. The van der Waals surface area contributed by atoms with E-state index in [2.05, 4.69) is 33.2 Å². The van der Waals surface area contributed by atoms with Crippen molar-refractivity contribution in [3.8, 4) is 5.75 Å². The van der Waals surface area contributed by atoms with E-state index < -0.39 is 17.7 Å². The number of carboxylic acid groups (broad SMARTS) is 1. The number of carboxylic acids is 1. The second-order valence-corrected chi connectivity index (χ2v) is 5.37. The molecular formula is C14H11IN2O4. The molecule has 6 nitrogen and oxygen atoms in total. The highest BCUT2D eigenvalue weighted by atomic mass is 127. The lowest BCUT2D eigenvalue weighted by Gasteiger charge is -2.09. The summed E-state index contributed by atoms with van der Waals surface area (Å²) in [6.07, 6.45) is 0. The van der Waals surface area contributed by atoms with Crippen LogP contribution in [0.2, 0.25) is 0 Å². The molecule has 21 heavy (non-hydrogen) atoms. The number of hydrogen-bond donors (Lipinski definition) is 4. The summed E-state index contributed by atoms with van der Waals surface area (Å²) in [5.74, 6) is -1.64. The molecule has 2 aromatic carbocycles. The van der Waals surface area contributed by atoms with E-state index in [0.29, 0.717) is 11.4 Å². The molecule has 0 heterocycles. The average Bonchev–Trinajstić information content (AvgIpc) is 2.41. The van der Waals surface area contributed by atoms with Crippen molar-refractivity contribution in [2.24, 2.45) is 0 Å². The molecule has 0 radical (unpaired) electrons. The molecule has 108 valence electrons. The van der Waals surface area contributed by atoms with Gasteiger partial charge in [-0.15, -0.1) is 0 Å². The van der Waals surface area contributed by atoms with Crippen LogP contribution in [0, 0.1) is 3.57 Å². The summed E-state index contributed by atoms with van der Waals surface area (Å²) in [6, 6.07) is 10.5. The van der Waals surface area contributed by atoms with Gasteiger partial charge in [0.25, 0.3) is 0 Å². The molecule has 0 spiro atoms. The molecule has 0 aliphatic heterocycles. The first-order valence-corrected chi connectivity index (χ1v) is 6.93. The maximum absolute atomic E-state index is 11.8. The number of hydrogen-bond acceptors (Lipinski definition) is 3. The van der Waals surface area contributed by atoms with Gasteiger partial charge in [0.1, 0.15) is 11.3 Å². The number of amides is 2. The van der Waals surface area contributed by atoms with Gasteiger partial charge in [-0.3, -0.25) is 0 Å². The van der Waals surface area contributed by atoms with Gasteiger partial charge in [-0.2, -0.15) is 0 Å². The Bertz CT molecular complexity index is 686. The molecule has 0 saturated heterocycles. The standard InChI is InChI=1S/C14H11IN2O4/c15-8-1-3-9(4-2-8)16-14(21)17-10-5-6-11(13(19)20)12(18)7-10/h1-7,18H,(H,19,20)(H2,16,17,21). The van der Waals surface area contributed by atoms with Crippen molar-refractivity contribution < 1.29 is 19.8 Å². The van der Waals surface area contributed by atoms with Crippen LogP contribution < -0.4 is 10.6 Å². The zero-order chi connectivity index (χ0) is 15.4. The Morgan fingerprint density at radius 2 is 1.52 bits per heavy atom. The highest BCUT2D eigenvalue weighted by Gasteiger charge is 2.10. The number of aromatic carboxylic acids is 1. The van der Waals surface area contributed by atoms with Crippen LogP contribution in [0.25, 0.3) is 0 Å². The Morgan fingerprint density at radius 3 is 2.10 bits per heavy atom. The van der Waals surface area contributed by atoms with Crippen LogP contribution in [0.4, 0.5) is 16.2 Å². The molecule has 4 N–H and O–H groups in total. The van der Waals surface area contributed by atoms with Crippen LogP contribution >= 0.6 is 22.6 Å². The van der Waals surface area contributed by atoms with E-state index in [9.17, 15) is 14.7 Å². The molecule has 0 aromatic heterocycles. The third-order valence-corrected chi connectivity index (χ3v) is 3.31. The zero-order valence-corrected chi connectivity index (χ0v) is 12.8.